The van der Waals surface area contributed by atoms with Crippen molar-refractivity contribution in [2.75, 3.05) is 18.1 Å². The van der Waals surface area contributed by atoms with E-state index in [0.29, 0.717) is 16.4 Å². The molecule has 0 spiro atoms. The summed E-state index contributed by atoms with van der Waals surface area (Å²) in [4.78, 5) is 19.4. The highest BCUT2D eigenvalue weighted by Crippen LogP contribution is 2.21. The van der Waals surface area contributed by atoms with Gasteiger partial charge in [-0.2, -0.15) is 5.26 Å². The minimum atomic E-state index is -0.141. The topological polar surface area (TPSA) is 90.7 Å². The maximum Gasteiger partial charge on any atom is 0.239 e. The molecule has 96 valence electrons. The van der Waals surface area contributed by atoms with Crippen LogP contribution in [0.4, 0.5) is 5.82 Å². The minimum absolute atomic E-state index is 0.0810. The Bertz CT molecular complexity index is 469. The molecule has 0 aliphatic carbocycles. The van der Waals surface area contributed by atoms with E-state index in [9.17, 15) is 4.79 Å². The number of thioether (sulfide) groups is 1. The predicted octanol–water partition coefficient (Wildman–Crippen LogP) is 1.01. The first-order chi connectivity index (χ1) is 8.58. The summed E-state index contributed by atoms with van der Waals surface area (Å²) < 4.78 is 0. The third-order valence-electron chi connectivity index (χ3n) is 1.98. The van der Waals surface area contributed by atoms with Gasteiger partial charge in [-0.1, -0.05) is 0 Å². The molecule has 0 aliphatic rings. The van der Waals surface area contributed by atoms with E-state index in [0.717, 1.165) is 0 Å². The molecular formula is C11H15N5OS. The van der Waals surface area contributed by atoms with Crippen molar-refractivity contribution in [3.05, 3.63) is 11.9 Å². The molecule has 0 radical (unpaired) electrons. The number of nitrogens with one attached hydrogen (secondary N) is 2. The van der Waals surface area contributed by atoms with Crippen LogP contribution in [0.1, 0.15) is 19.4 Å². The Morgan fingerprint density at radius 3 is 2.83 bits per heavy atom. The van der Waals surface area contributed by atoms with E-state index in [-0.39, 0.29) is 18.5 Å². The number of nitriles is 1. The van der Waals surface area contributed by atoms with Crippen molar-refractivity contribution >= 4 is 23.5 Å². The van der Waals surface area contributed by atoms with E-state index < -0.39 is 0 Å². The summed E-state index contributed by atoms with van der Waals surface area (Å²) in [6.07, 6.45) is 3.20. The summed E-state index contributed by atoms with van der Waals surface area (Å²) >= 11 is 1.36. The fraction of sp³-hybridized carbons (Fsp3) is 0.455. The molecule has 0 aromatic carbocycles. The molecule has 0 unspecified atom stereocenters. The van der Waals surface area contributed by atoms with Crippen LogP contribution in [-0.2, 0) is 4.79 Å². The first kappa shape index (κ1) is 14.3. The standard InChI is InChI=1S/C11H15N5OS/c1-7(2)16-9(17)5-13-10-8(4-12)11(18-3)15-6-14-10/h6-7H,5H2,1-3H3,(H,16,17)(H,13,14,15). The Morgan fingerprint density at radius 2 is 2.28 bits per heavy atom. The normalized spacial score (nSPS) is 9.94. The van der Waals surface area contributed by atoms with Gasteiger partial charge in [0.05, 0.1) is 6.54 Å². The molecule has 1 aromatic heterocycles. The highest BCUT2D eigenvalue weighted by atomic mass is 32.2. The number of rotatable bonds is 5. The Kier molecular flexibility index (Phi) is 5.39. The predicted molar refractivity (Wildman–Crippen MR) is 70.3 cm³/mol. The minimum Gasteiger partial charge on any atom is -0.360 e. The van der Waals surface area contributed by atoms with Crippen molar-refractivity contribution < 1.29 is 4.79 Å². The Morgan fingerprint density at radius 1 is 1.56 bits per heavy atom. The largest absolute Gasteiger partial charge is 0.360 e. The average Bonchev–Trinajstić information content (AvgIpc) is 2.34. The van der Waals surface area contributed by atoms with Crippen molar-refractivity contribution in [1.82, 2.24) is 15.3 Å². The van der Waals surface area contributed by atoms with Crippen LogP contribution in [0.15, 0.2) is 11.4 Å². The Labute approximate surface area is 110 Å². The van der Waals surface area contributed by atoms with Crippen LogP contribution in [0, 0.1) is 11.3 Å². The summed E-state index contributed by atoms with van der Waals surface area (Å²) in [5.74, 6) is 0.244. The molecule has 2 N–H and O–H groups in total. The van der Waals surface area contributed by atoms with E-state index in [2.05, 4.69) is 20.6 Å². The van der Waals surface area contributed by atoms with Gasteiger partial charge >= 0.3 is 0 Å². The summed E-state index contributed by atoms with van der Waals surface area (Å²) in [7, 11) is 0. The summed E-state index contributed by atoms with van der Waals surface area (Å²) in [6, 6.07) is 2.12. The van der Waals surface area contributed by atoms with Crippen LogP contribution in [0.3, 0.4) is 0 Å². The van der Waals surface area contributed by atoms with Crippen LogP contribution >= 0.6 is 11.8 Å². The van der Waals surface area contributed by atoms with Gasteiger partial charge in [-0.25, -0.2) is 9.97 Å². The number of amides is 1. The van der Waals surface area contributed by atoms with Gasteiger partial charge in [-0.05, 0) is 20.1 Å². The molecule has 0 atom stereocenters. The van der Waals surface area contributed by atoms with E-state index in [1.807, 2.05) is 26.2 Å². The average molecular weight is 265 g/mol. The molecule has 0 aliphatic heterocycles. The summed E-state index contributed by atoms with van der Waals surface area (Å²) in [6.45, 7) is 3.85. The van der Waals surface area contributed by atoms with Gasteiger partial charge in [-0.3, -0.25) is 4.79 Å². The quantitative estimate of drug-likeness (QED) is 0.610. The molecule has 7 heteroatoms. The fourth-order valence-corrected chi connectivity index (χ4v) is 1.79. The molecule has 0 bridgehead atoms. The van der Waals surface area contributed by atoms with Crippen LogP contribution < -0.4 is 10.6 Å². The van der Waals surface area contributed by atoms with Crippen LogP contribution in [0.5, 0.6) is 0 Å². The molecule has 6 nitrogen and oxygen atoms in total. The van der Waals surface area contributed by atoms with E-state index in [1.165, 1.54) is 18.1 Å². The van der Waals surface area contributed by atoms with Crippen LogP contribution in [0.2, 0.25) is 0 Å². The number of carbonyl (C=O) groups excluding carboxylic acids is 1. The zero-order valence-electron chi connectivity index (χ0n) is 10.5. The van der Waals surface area contributed by atoms with Crippen LogP contribution in [0.25, 0.3) is 0 Å². The highest BCUT2D eigenvalue weighted by Gasteiger charge is 2.11. The van der Waals surface area contributed by atoms with Gasteiger partial charge in [0.25, 0.3) is 0 Å². The number of carbonyl (C=O) groups is 1. The maximum atomic E-state index is 11.5. The first-order valence-corrected chi connectivity index (χ1v) is 6.63. The zero-order chi connectivity index (χ0) is 13.5. The van der Waals surface area contributed by atoms with Crippen molar-refractivity contribution in [2.24, 2.45) is 0 Å². The molecule has 1 aromatic rings. The monoisotopic (exact) mass is 265 g/mol. The number of hydrogen-bond donors (Lipinski definition) is 2. The number of hydrogen-bond acceptors (Lipinski definition) is 6. The number of anilines is 1. The smallest absolute Gasteiger partial charge is 0.239 e. The highest BCUT2D eigenvalue weighted by molar-refractivity contribution is 7.98. The van der Waals surface area contributed by atoms with E-state index in [1.54, 1.807) is 0 Å². The lowest BCUT2D eigenvalue weighted by Crippen LogP contribution is -2.35. The molecule has 1 amide bonds. The van der Waals surface area contributed by atoms with Gasteiger partial charge < -0.3 is 10.6 Å². The number of aromatic nitrogens is 2. The van der Waals surface area contributed by atoms with Gasteiger partial charge in [0.15, 0.2) is 0 Å². The lowest BCUT2D eigenvalue weighted by atomic mass is 10.3. The second kappa shape index (κ2) is 6.81. The van der Waals surface area contributed by atoms with Gasteiger partial charge in [0.1, 0.15) is 28.8 Å². The number of nitrogens with zero attached hydrogens (tertiary/aromatic N) is 3. The Hall–Kier alpha value is -1.81. The van der Waals surface area contributed by atoms with Gasteiger partial charge in [0, 0.05) is 6.04 Å². The molecule has 1 rings (SSSR count). The lowest BCUT2D eigenvalue weighted by molar-refractivity contribution is -0.119. The van der Waals surface area contributed by atoms with Gasteiger partial charge in [-0.15, -0.1) is 11.8 Å². The van der Waals surface area contributed by atoms with Crippen molar-refractivity contribution in [1.29, 1.82) is 5.26 Å². The molecular weight excluding hydrogens is 250 g/mol. The maximum absolute atomic E-state index is 11.5. The Balaban J connectivity index is 2.74. The lowest BCUT2D eigenvalue weighted by Gasteiger charge is -2.10. The molecule has 0 saturated heterocycles. The second-order valence-corrected chi connectivity index (χ2v) is 4.59. The van der Waals surface area contributed by atoms with Crippen molar-refractivity contribution in [2.45, 2.75) is 24.9 Å². The van der Waals surface area contributed by atoms with Crippen molar-refractivity contribution in [3.8, 4) is 6.07 Å². The second-order valence-electron chi connectivity index (χ2n) is 3.79. The first-order valence-electron chi connectivity index (χ1n) is 5.40. The summed E-state index contributed by atoms with van der Waals surface area (Å²) in [5.41, 5.74) is 0.363. The zero-order valence-corrected chi connectivity index (χ0v) is 11.3. The SMILES string of the molecule is CSc1ncnc(NCC(=O)NC(C)C)c1C#N. The van der Waals surface area contributed by atoms with E-state index >= 15 is 0 Å². The molecule has 0 fully saturated rings. The molecule has 18 heavy (non-hydrogen) atoms. The van der Waals surface area contributed by atoms with Crippen molar-refractivity contribution in [3.63, 3.8) is 0 Å². The van der Waals surface area contributed by atoms with Gasteiger partial charge in [0.2, 0.25) is 5.91 Å². The molecule has 1 heterocycles. The third-order valence-corrected chi connectivity index (χ3v) is 2.68. The summed E-state index contributed by atoms with van der Waals surface area (Å²) in [5, 5.41) is 15.2. The van der Waals surface area contributed by atoms with E-state index in [4.69, 9.17) is 5.26 Å². The third kappa shape index (κ3) is 3.89. The fourth-order valence-electron chi connectivity index (χ4n) is 1.30. The van der Waals surface area contributed by atoms with Crippen LogP contribution in [-0.4, -0.2) is 34.7 Å². The molecule has 0 saturated carbocycles.